The van der Waals surface area contributed by atoms with E-state index in [1.807, 2.05) is 0 Å². The van der Waals surface area contributed by atoms with Crippen LogP contribution in [0.1, 0.15) is 328 Å². The summed E-state index contributed by atoms with van der Waals surface area (Å²) in [5.74, 6) is -0.634. The fourth-order valence-electron chi connectivity index (χ4n) is 8.81. The van der Waals surface area contributed by atoms with Gasteiger partial charge in [-0.1, -0.05) is 282 Å². The molecule has 0 spiro atoms. The smallest absolute Gasteiger partial charge is 0.305 e. The molecule has 0 aromatic heterocycles. The second-order valence-corrected chi connectivity index (χ2v) is 19.1. The van der Waals surface area contributed by atoms with Gasteiger partial charge >= 0.3 is 11.9 Å². The highest BCUT2D eigenvalue weighted by molar-refractivity contribution is 5.69. The van der Waals surface area contributed by atoms with Crippen LogP contribution in [0.3, 0.4) is 0 Å². The molecule has 0 heterocycles. The predicted molar refractivity (Wildman–Crippen MR) is 264 cm³/mol. The molecule has 0 saturated carbocycles. The van der Waals surface area contributed by atoms with Gasteiger partial charge in [-0.05, 0) is 44.9 Å². The number of rotatable bonds is 53. The molecule has 0 fully saturated rings. The molecule has 1 N–H and O–H groups in total. The molecule has 0 aliphatic carbocycles. The topological polar surface area (TPSA) is 63.6 Å². The minimum absolute atomic E-state index is 0.0158. The standard InChI is InChI=1S/C56H108O4/c1-2-3-4-5-6-7-8-34-38-41-44-47-50-53-56(59)60-54-51-48-45-42-39-36-33-31-29-27-25-23-21-19-17-15-13-11-9-10-12-14-16-18-20-22-24-26-28-30-32-35-37-40-43-46-49-52-55(57)58/h7-8H,2-6,9-54H2,1H3,(H,57,58)/b8-7-. The molecule has 0 aliphatic rings. The third-order valence-corrected chi connectivity index (χ3v) is 12.9. The van der Waals surface area contributed by atoms with Gasteiger partial charge in [0, 0.05) is 12.8 Å². The number of unbranched alkanes of at least 4 members (excludes halogenated alkanes) is 45. The zero-order valence-corrected chi connectivity index (χ0v) is 40.9. The Kier molecular flexibility index (Phi) is 52.6. The number of hydrogen-bond donors (Lipinski definition) is 1. The van der Waals surface area contributed by atoms with Gasteiger partial charge < -0.3 is 9.84 Å². The van der Waals surface area contributed by atoms with Crippen molar-refractivity contribution in [1.29, 1.82) is 0 Å². The fourth-order valence-corrected chi connectivity index (χ4v) is 8.81. The Balaban J connectivity index is 3.13. The molecule has 0 radical (unpaired) electrons. The van der Waals surface area contributed by atoms with Crippen LogP contribution in [0.5, 0.6) is 0 Å². The molecule has 0 aliphatic heterocycles. The first-order valence-electron chi connectivity index (χ1n) is 27.7. The van der Waals surface area contributed by atoms with E-state index in [4.69, 9.17) is 9.84 Å². The largest absolute Gasteiger partial charge is 0.481 e. The Labute approximate surface area is 376 Å². The third kappa shape index (κ3) is 54.7. The van der Waals surface area contributed by atoms with Crippen molar-refractivity contribution in [3.05, 3.63) is 12.2 Å². The molecule has 0 rings (SSSR count). The van der Waals surface area contributed by atoms with E-state index >= 15 is 0 Å². The summed E-state index contributed by atoms with van der Waals surface area (Å²) >= 11 is 0. The highest BCUT2D eigenvalue weighted by Gasteiger charge is 2.03. The number of aliphatic carboxylic acids is 1. The van der Waals surface area contributed by atoms with Crippen LogP contribution in [0.25, 0.3) is 0 Å². The van der Waals surface area contributed by atoms with Gasteiger partial charge in [0.25, 0.3) is 0 Å². The molecular formula is C56H108O4. The summed E-state index contributed by atoms with van der Waals surface area (Å²) in [6, 6.07) is 0. The minimum Gasteiger partial charge on any atom is -0.481 e. The maximum absolute atomic E-state index is 12.0. The first-order valence-corrected chi connectivity index (χ1v) is 27.7. The second-order valence-electron chi connectivity index (χ2n) is 19.1. The first-order chi connectivity index (χ1) is 29.7. The van der Waals surface area contributed by atoms with Crippen molar-refractivity contribution >= 4 is 11.9 Å². The van der Waals surface area contributed by atoms with Gasteiger partial charge in [-0.3, -0.25) is 9.59 Å². The Morgan fingerprint density at radius 1 is 0.317 bits per heavy atom. The average molecular weight is 845 g/mol. The molecule has 0 unspecified atom stereocenters. The third-order valence-electron chi connectivity index (χ3n) is 12.9. The number of carboxylic acids is 1. The molecule has 0 amide bonds. The highest BCUT2D eigenvalue weighted by Crippen LogP contribution is 2.18. The molecule has 0 saturated heterocycles. The summed E-state index contributed by atoms with van der Waals surface area (Å²) in [4.78, 5) is 22.5. The molecule has 356 valence electrons. The number of hydrogen-bond acceptors (Lipinski definition) is 3. The molecule has 0 aromatic rings. The van der Waals surface area contributed by atoms with E-state index in [2.05, 4.69) is 19.1 Å². The molecular weight excluding hydrogens is 737 g/mol. The minimum atomic E-state index is -0.650. The summed E-state index contributed by atoms with van der Waals surface area (Å²) in [7, 11) is 0. The van der Waals surface area contributed by atoms with Crippen molar-refractivity contribution < 1.29 is 19.4 Å². The zero-order valence-electron chi connectivity index (χ0n) is 40.9. The zero-order chi connectivity index (χ0) is 43.3. The average Bonchev–Trinajstić information content (AvgIpc) is 3.24. The first kappa shape index (κ1) is 58.7. The summed E-state index contributed by atoms with van der Waals surface area (Å²) in [5, 5.41) is 8.67. The van der Waals surface area contributed by atoms with Crippen LogP contribution in [0.15, 0.2) is 12.2 Å². The summed E-state index contributed by atoms with van der Waals surface area (Å²) in [6.45, 7) is 2.89. The van der Waals surface area contributed by atoms with Crippen LogP contribution in [-0.4, -0.2) is 23.7 Å². The number of carboxylic acid groups (broad SMARTS) is 1. The highest BCUT2D eigenvalue weighted by atomic mass is 16.5. The summed E-state index contributed by atoms with van der Waals surface area (Å²) in [5.41, 5.74) is 0. The van der Waals surface area contributed by atoms with Gasteiger partial charge in [0.2, 0.25) is 0 Å². The summed E-state index contributed by atoms with van der Waals surface area (Å²) in [6.07, 6.45) is 70.4. The quantitative estimate of drug-likeness (QED) is 0.0376. The van der Waals surface area contributed by atoms with E-state index in [0.717, 1.165) is 32.1 Å². The molecule has 0 atom stereocenters. The lowest BCUT2D eigenvalue weighted by atomic mass is 10.0. The van der Waals surface area contributed by atoms with Gasteiger partial charge in [0.05, 0.1) is 6.61 Å². The van der Waals surface area contributed by atoms with Crippen molar-refractivity contribution in [3.8, 4) is 0 Å². The Morgan fingerprint density at radius 3 is 0.833 bits per heavy atom. The second kappa shape index (κ2) is 53.8. The van der Waals surface area contributed by atoms with E-state index in [9.17, 15) is 9.59 Å². The van der Waals surface area contributed by atoms with Gasteiger partial charge in [0.1, 0.15) is 0 Å². The van der Waals surface area contributed by atoms with Crippen LogP contribution in [0, 0.1) is 0 Å². The maximum atomic E-state index is 12.0. The Bertz CT molecular complexity index is 852. The lowest BCUT2D eigenvalue weighted by molar-refractivity contribution is -0.144. The molecule has 60 heavy (non-hydrogen) atoms. The van der Waals surface area contributed by atoms with Crippen LogP contribution in [0.4, 0.5) is 0 Å². The van der Waals surface area contributed by atoms with Crippen molar-refractivity contribution in [1.82, 2.24) is 0 Å². The van der Waals surface area contributed by atoms with Gasteiger partial charge in [-0.2, -0.15) is 0 Å². The predicted octanol–water partition coefficient (Wildman–Crippen LogP) is 19.7. The van der Waals surface area contributed by atoms with E-state index in [1.54, 1.807) is 0 Å². The van der Waals surface area contributed by atoms with Crippen LogP contribution in [-0.2, 0) is 14.3 Å². The number of carbonyl (C=O) groups excluding carboxylic acids is 1. The molecule has 0 aromatic carbocycles. The lowest BCUT2D eigenvalue weighted by Crippen LogP contribution is -2.05. The van der Waals surface area contributed by atoms with E-state index in [0.29, 0.717) is 19.4 Å². The van der Waals surface area contributed by atoms with E-state index < -0.39 is 5.97 Å². The van der Waals surface area contributed by atoms with Crippen molar-refractivity contribution in [2.24, 2.45) is 0 Å². The fraction of sp³-hybridized carbons (Fsp3) is 0.929. The van der Waals surface area contributed by atoms with Crippen molar-refractivity contribution in [2.45, 2.75) is 328 Å². The Hall–Kier alpha value is -1.32. The van der Waals surface area contributed by atoms with E-state index in [1.165, 1.54) is 276 Å². The van der Waals surface area contributed by atoms with E-state index in [-0.39, 0.29) is 5.97 Å². The Morgan fingerprint density at radius 2 is 0.550 bits per heavy atom. The van der Waals surface area contributed by atoms with Crippen molar-refractivity contribution in [3.63, 3.8) is 0 Å². The van der Waals surface area contributed by atoms with Gasteiger partial charge in [0.15, 0.2) is 0 Å². The van der Waals surface area contributed by atoms with Crippen molar-refractivity contribution in [2.75, 3.05) is 6.61 Å². The summed E-state index contributed by atoms with van der Waals surface area (Å²) < 4.78 is 5.47. The number of ether oxygens (including phenoxy) is 1. The number of carbonyl (C=O) groups is 2. The monoisotopic (exact) mass is 845 g/mol. The SMILES string of the molecule is CCCCCC/C=C\CCCCCCCC(=O)OCCCCCCCCCCCCCCCCCCCCCCCCCCCCCCCCCCCCCCCC(=O)O. The van der Waals surface area contributed by atoms with Crippen LogP contribution < -0.4 is 0 Å². The maximum Gasteiger partial charge on any atom is 0.305 e. The molecule has 4 heteroatoms. The van der Waals surface area contributed by atoms with Crippen LogP contribution in [0.2, 0.25) is 0 Å². The number of esters is 1. The van der Waals surface area contributed by atoms with Gasteiger partial charge in [-0.25, -0.2) is 0 Å². The normalized spacial score (nSPS) is 11.6. The lowest BCUT2D eigenvalue weighted by Gasteiger charge is -2.06. The molecule has 0 bridgehead atoms. The van der Waals surface area contributed by atoms with Crippen LogP contribution >= 0.6 is 0 Å². The number of allylic oxidation sites excluding steroid dienone is 2. The van der Waals surface area contributed by atoms with Gasteiger partial charge in [-0.15, -0.1) is 0 Å². The molecule has 4 nitrogen and oxygen atoms in total.